The first-order valence-electron chi connectivity index (χ1n) is 8.92. The van der Waals surface area contributed by atoms with E-state index >= 15 is 0 Å². The second kappa shape index (κ2) is 6.64. The molecule has 1 saturated heterocycles. The summed E-state index contributed by atoms with van der Waals surface area (Å²) in [5, 5.41) is 9.87. The number of piperidine rings is 1. The van der Waals surface area contributed by atoms with Crippen molar-refractivity contribution in [2.45, 2.75) is 19.8 Å². The molecule has 0 spiro atoms. The number of carbonyl (C=O) groups is 1. The maximum absolute atomic E-state index is 12.8. The number of rotatable bonds is 2. The van der Waals surface area contributed by atoms with Crippen molar-refractivity contribution in [1.82, 2.24) is 14.5 Å². The summed E-state index contributed by atoms with van der Waals surface area (Å²) in [7, 11) is 0. The van der Waals surface area contributed by atoms with E-state index in [-0.39, 0.29) is 5.91 Å². The fraction of sp³-hybridized carbons (Fsp3) is 0.286. The number of carbonyl (C=O) groups excluding carboxylic acids is 1. The van der Waals surface area contributed by atoms with Crippen LogP contribution in [0, 0.1) is 17.2 Å². The topological polar surface area (TPSA) is 61.9 Å². The molecule has 2 aromatic heterocycles. The van der Waals surface area contributed by atoms with E-state index in [0.717, 1.165) is 36.2 Å². The number of fused-ring (bicyclic) bond motifs is 1. The molecule has 3 aromatic rings. The van der Waals surface area contributed by atoms with Gasteiger partial charge in [0.25, 0.3) is 5.91 Å². The van der Waals surface area contributed by atoms with Crippen molar-refractivity contribution in [3.8, 4) is 11.8 Å². The predicted octanol–water partition coefficient (Wildman–Crippen LogP) is 3.77. The van der Waals surface area contributed by atoms with Crippen LogP contribution in [0.2, 0.25) is 0 Å². The number of aromatic nitrogens is 2. The number of likely N-dealkylation sites (tertiary alicyclic amines) is 1. The third kappa shape index (κ3) is 2.95. The van der Waals surface area contributed by atoms with Gasteiger partial charge in [-0.25, -0.2) is 4.98 Å². The highest BCUT2D eigenvalue weighted by molar-refractivity contribution is 5.97. The molecule has 1 aromatic carbocycles. The number of nitriles is 1. The lowest BCUT2D eigenvalue weighted by atomic mass is 9.99. The van der Waals surface area contributed by atoms with Crippen LogP contribution in [-0.4, -0.2) is 33.4 Å². The van der Waals surface area contributed by atoms with E-state index in [4.69, 9.17) is 5.26 Å². The zero-order valence-corrected chi connectivity index (χ0v) is 14.7. The molecule has 0 aliphatic carbocycles. The molecule has 26 heavy (non-hydrogen) atoms. The van der Waals surface area contributed by atoms with E-state index in [0.29, 0.717) is 17.0 Å². The smallest absolute Gasteiger partial charge is 0.255 e. The predicted molar refractivity (Wildman–Crippen MR) is 100 cm³/mol. The van der Waals surface area contributed by atoms with Crippen LogP contribution in [0.25, 0.3) is 16.7 Å². The Morgan fingerprint density at radius 2 is 2.08 bits per heavy atom. The molecule has 130 valence electrons. The molecule has 1 fully saturated rings. The summed E-state index contributed by atoms with van der Waals surface area (Å²) < 4.78 is 1.97. The van der Waals surface area contributed by atoms with Crippen molar-refractivity contribution >= 4 is 16.9 Å². The molecule has 3 heterocycles. The first-order chi connectivity index (χ1) is 12.7. The Bertz CT molecular complexity index is 997. The van der Waals surface area contributed by atoms with Gasteiger partial charge in [0.2, 0.25) is 0 Å². The van der Waals surface area contributed by atoms with Gasteiger partial charge in [-0.05, 0) is 55.2 Å². The van der Waals surface area contributed by atoms with Gasteiger partial charge in [0, 0.05) is 36.6 Å². The molecular weight excluding hydrogens is 324 g/mol. The van der Waals surface area contributed by atoms with Crippen LogP contribution >= 0.6 is 0 Å². The van der Waals surface area contributed by atoms with Gasteiger partial charge in [-0.3, -0.25) is 4.79 Å². The van der Waals surface area contributed by atoms with Crippen LogP contribution in [0.4, 0.5) is 0 Å². The summed E-state index contributed by atoms with van der Waals surface area (Å²) in [4.78, 5) is 19.3. The molecule has 5 nitrogen and oxygen atoms in total. The van der Waals surface area contributed by atoms with E-state index in [9.17, 15) is 4.79 Å². The van der Waals surface area contributed by atoms with E-state index in [1.54, 1.807) is 18.3 Å². The van der Waals surface area contributed by atoms with Gasteiger partial charge >= 0.3 is 0 Å². The molecule has 0 saturated carbocycles. The summed E-state index contributed by atoms with van der Waals surface area (Å²) >= 11 is 0. The number of amides is 1. The Morgan fingerprint density at radius 1 is 1.27 bits per heavy atom. The second-order valence-electron chi connectivity index (χ2n) is 6.98. The molecule has 1 aliphatic rings. The number of hydrogen-bond acceptors (Lipinski definition) is 3. The van der Waals surface area contributed by atoms with Crippen molar-refractivity contribution in [3.63, 3.8) is 0 Å². The molecule has 1 atom stereocenters. The zero-order chi connectivity index (χ0) is 18.1. The monoisotopic (exact) mass is 344 g/mol. The van der Waals surface area contributed by atoms with Gasteiger partial charge in [-0.1, -0.05) is 6.92 Å². The lowest BCUT2D eigenvalue weighted by molar-refractivity contribution is 0.0683. The van der Waals surface area contributed by atoms with Gasteiger partial charge in [-0.15, -0.1) is 0 Å². The average molecular weight is 344 g/mol. The van der Waals surface area contributed by atoms with Gasteiger partial charge in [0.15, 0.2) is 0 Å². The van der Waals surface area contributed by atoms with Crippen LogP contribution in [0.1, 0.15) is 35.7 Å². The highest BCUT2D eigenvalue weighted by Crippen LogP contribution is 2.22. The van der Waals surface area contributed by atoms with Crippen molar-refractivity contribution in [2.24, 2.45) is 5.92 Å². The SMILES string of the molecule is C[C@@H]1CCCN(C(=O)c2cnc3c(ccn3-c3ccc(C#N)cc3)c2)C1. The molecule has 0 radical (unpaired) electrons. The van der Waals surface area contributed by atoms with Crippen molar-refractivity contribution in [3.05, 3.63) is 59.9 Å². The van der Waals surface area contributed by atoms with Gasteiger partial charge in [0.1, 0.15) is 5.65 Å². The second-order valence-corrected chi connectivity index (χ2v) is 6.98. The number of benzene rings is 1. The summed E-state index contributed by atoms with van der Waals surface area (Å²) in [5.74, 6) is 0.624. The fourth-order valence-corrected chi connectivity index (χ4v) is 3.60. The average Bonchev–Trinajstić information content (AvgIpc) is 3.10. The summed E-state index contributed by atoms with van der Waals surface area (Å²) in [6.07, 6.45) is 5.87. The van der Waals surface area contributed by atoms with E-state index in [1.807, 2.05) is 39.9 Å². The first-order valence-corrected chi connectivity index (χ1v) is 8.92. The maximum atomic E-state index is 12.8. The van der Waals surface area contributed by atoms with E-state index in [1.165, 1.54) is 6.42 Å². The van der Waals surface area contributed by atoms with Crippen LogP contribution in [0.15, 0.2) is 48.8 Å². The molecule has 0 unspecified atom stereocenters. The fourth-order valence-electron chi connectivity index (χ4n) is 3.60. The van der Waals surface area contributed by atoms with Crippen molar-refractivity contribution in [2.75, 3.05) is 13.1 Å². The summed E-state index contributed by atoms with van der Waals surface area (Å²) in [5.41, 5.74) is 3.01. The van der Waals surface area contributed by atoms with Crippen LogP contribution < -0.4 is 0 Å². The Labute approximate surface area is 152 Å². The van der Waals surface area contributed by atoms with E-state index in [2.05, 4.69) is 18.0 Å². The molecule has 0 N–H and O–H groups in total. The van der Waals surface area contributed by atoms with Crippen LogP contribution in [0.5, 0.6) is 0 Å². The Morgan fingerprint density at radius 3 is 2.81 bits per heavy atom. The minimum atomic E-state index is 0.0667. The molecule has 4 rings (SSSR count). The Hall–Kier alpha value is -3.13. The minimum absolute atomic E-state index is 0.0667. The summed E-state index contributed by atoms with van der Waals surface area (Å²) in [6, 6.07) is 13.4. The third-order valence-electron chi connectivity index (χ3n) is 4.99. The molecule has 0 bridgehead atoms. The number of pyridine rings is 1. The summed E-state index contributed by atoms with van der Waals surface area (Å²) in [6.45, 7) is 3.84. The molecule has 1 amide bonds. The Balaban J connectivity index is 1.64. The minimum Gasteiger partial charge on any atom is -0.338 e. The van der Waals surface area contributed by atoms with Crippen molar-refractivity contribution in [1.29, 1.82) is 5.26 Å². The zero-order valence-electron chi connectivity index (χ0n) is 14.7. The number of nitrogens with zero attached hydrogens (tertiary/aromatic N) is 4. The lowest BCUT2D eigenvalue weighted by Crippen LogP contribution is -2.39. The molecule has 5 heteroatoms. The standard InChI is InChI=1S/C21H20N4O/c1-15-3-2-9-24(14-15)21(26)18-11-17-8-10-25(20(17)23-13-18)19-6-4-16(12-22)5-7-19/h4-8,10-11,13,15H,2-3,9,14H2,1H3/t15-/m1/s1. The third-order valence-corrected chi connectivity index (χ3v) is 4.99. The van der Waals surface area contributed by atoms with E-state index < -0.39 is 0 Å². The first kappa shape index (κ1) is 16.3. The van der Waals surface area contributed by atoms with Crippen LogP contribution in [0.3, 0.4) is 0 Å². The largest absolute Gasteiger partial charge is 0.338 e. The van der Waals surface area contributed by atoms with Gasteiger partial charge in [-0.2, -0.15) is 5.26 Å². The maximum Gasteiger partial charge on any atom is 0.255 e. The highest BCUT2D eigenvalue weighted by atomic mass is 16.2. The van der Waals surface area contributed by atoms with Crippen molar-refractivity contribution < 1.29 is 4.79 Å². The quantitative estimate of drug-likeness (QED) is 0.711. The normalized spacial score (nSPS) is 17.2. The van der Waals surface area contributed by atoms with Crippen LogP contribution in [-0.2, 0) is 0 Å². The van der Waals surface area contributed by atoms with Gasteiger partial charge in [0.05, 0.1) is 17.2 Å². The van der Waals surface area contributed by atoms with Gasteiger partial charge < -0.3 is 9.47 Å². The highest BCUT2D eigenvalue weighted by Gasteiger charge is 2.22. The molecule has 1 aliphatic heterocycles. The molecular formula is C21H20N4O. The lowest BCUT2D eigenvalue weighted by Gasteiger charge is -2.30. The number of hydrogen-bond donors (Lipinski definition) is 0. The Kier molecular flexibility index (Phi) is 4.18.